The number of benzene rings is 3. The van der Waals surface area contributed by atoms with Crippen LogP contribution in [0, 0.1) is 18.3 Å². The molecule has 2 N–H and O–H groups in total. The second-order valence-corrected chi connectivity index (χ2v) is 14.6. The van der Waals surface area contributed by atoms with E-state index < -0.39 is 5.54 Å². The van der Waals surface area contributed by atoms with E-state index in [0.29, 0.717) is 46.7 Å². The number of nitrogens with zero attached hydrogens (tertiary/aromatic N) is 6. The van der Waals surface area contributed by atoms with Crippen LogP contribution in [-0.4, -0.2) is 88.0 Å². The van der Waals surface area contributed by atoms with Crippen LogP contribution >= 0.6 is 11.6 Å². The first-order chi connectivity index (χ1) is 25.1. The van der Waals surface area contributed by atoms with Gasteiger partial charge in [0.15, 0.2) is 5.58 Å². The number of aromatic nitrogens is 2. The lowest BCUT2D eigenvalue weighted by atomic mass is 9.96. The number of halogens is 1. The van der Waals surface area contributed by atoms with E-state index >= 15 is 0 Å². The number of fused-ring (bicyclic) bond motifs is 3. The number of hydrogen-bond acceptors (Lipinski definition) is 11. The summed E-state index contributed by atoms with van der Waals surface area (Å²) in [5, 5.41) is 29.7. The highest BCUT2D eigenvalue weighted by Gasteiger charge is 2.43. The highest BCUT2D eigenvalue weighted by atomic mass is 35.5. The summed E-state index contributed by atoms with van der Waals surface area (Å²) >= 11 is 6.82. The van der Waals surface area contributed by atoms with Crippen LogP contribution in [0.3, 0.4) is 0 Å². The molecule has 0 saturated carbocycles. The van der Waals surface area contributed by atoms with Gasteiger partial charge in [-0.2, -0.15) is 10.2 Å². The molecule has 2 bridgehead atoms. The van der Waals surface area contributed by atoms with Crippen LogP contribution in [-0.2, 0) is 19.8 Å². The molecule has 11 nitrogen and oxygen atoms in total. The van der Waals surface area contributed by atoms with Crippen molar-refractivity contribution in [3.63, 3.8) is 0 Å². The average molecular weight is 723 g/mol. The second-order valence-electron chi connectivity index (χ2n) is 14.2. The van der Waals surface area contributed by atoms with Crippen molar-refractivity contribution < 1.29 is 24.1 Å². The normalized spacial score (nSPS) is 17.3. The van der Waals surface area contributed by atoms with Gasteiger partial charge in [0, 0.05) is 61.3 Å². The zero-order valence-electron chi connectivity index (χ0n) is 29.8. The van der Waals surface area contributed by atoms with Crippen LogP contribution in [0.4, 0.5) is 6.01 Å². The van der Waals surface area contributed by atoms with Crippen molar-refractivity contribution in [2.75, 3.05) is 45.3 Å². The van der Waals surface area contributed by atoms with Gasteiger partial charge in [-0.25, -0.2) is 0 Å². The fourth-order valence-corrected chi connectivity index (χ4v) is 7.33. The minimum Gasteiger partial charge on any atom is -0.488 e. The van der Waals surface area contributed by atoms with Gasteiger partial charge < -0.3 is 29.0 Å². The maximum Gasteiger partial charge on any atom is 0.298 e. The standard InChI is InChI=1S/C40H43ClN6O5/c1-25-29(6-5-7-33(25)28-8-9-36-35(12-28)44-39(52-36)47-20-31-13-32(47)19-45(31)3)22-51-38-14-37(50-21-27-10-26(15-42)16-43-17-27)30(11-34(38)41)18-46(4)40(2,23-48)24-49/h5-12,14,16-17,31-32,48-49H,13,18-24H2,1-4H3/t31-,32-/m0/s1. The Labute approximate surface area is 308 Å². The van der Waals surface area contributed by atoms with Crippen LogP contribution in [0.1, 0.15) is 41.2 Å². The lowest BCUT2D eigenvalue weighted by Gasteiger charge is -2.36. The van der Waals surface area contributed by atoms with Gasteiger partial charge in [0.05, 0.1) is 29.3 Å². The fourth-order valence-electron chi connectivity index (χ4n) is 7.08. The van der Waals surface area contributed by atoms with Gasteiger partial charge in [0.2, 0.25) is 0 Å². The monoisotopic (exact) mass is 722 g/mol. The molecule has 2 aliphatic heterocycles. The molecule has 2 aromatic heterocycles. The molecule has 270 valence electrons. The van der Waals surface area contributed by atoms with Crippen molar-refractivity contribution in [2.24, 2.45) is 0 Å². The number of ether oxygens (including phenoxy) is 2. The van der Waals surface area contributed by atoms with E-state index in [0.717, 1.165) is 64.0 Å². The predicted octanol–water partition coefficient (Wildman–Crippen LogP) is 5.95. The summed E-state index contributed by atoms with van der Waals surface area (Å²) in [4.78, 5) is 15.6. The molecule has 2 atom stereocenters. The topological polar surface area (TPSA) is 131 Å². The SMILES string of the molecule is Cc1c(COc2cc(OCc3cncc(C#N)c3)c(CN(C)C(C)(CO)CO)cc2Cl)cccc1-c1ccc2oc(N3C[C@@H]4C[C@H]3CN4C)nc2c1. The Hall–Kier alpha value is -4.70. The Morgan fingerprint density at radius 2 is 1.83 bits per heavy atom. The molecule has 0 radical (unpaired) electrons. The van der Waals surface area contributed by atoms with Crippen LogP contribution in [0.2, 0.25) is 5.02 Å². The molecule has 2 fully saturated rings. The summed E-state index contributed by atoms with van der Waals surface area (Å²) in [6.45, 7) is 6.13. The lowest BCUT2D eigenvalue weighted by molar-refractivity contribution is 0.0104. The zero-order valence-corrected chi connectivity index (χ0v) is 30.6. The first kappa shape index (κ1) is 35.7. The average Bonchev–Trinajstić information content (AvgIpc) is 3.88. The third-order valence-electron chi connectivity index (χ3n) is 10.7. The Morgan fingerprint density at radius 3 is 2.56 bits per heavy atom. The molecule has 4 heterocycles. The Kier molecular flexibility index (Phi) is 10.1. The Balaban J connectivity index is 1.11. The van der Waals surface area contributed by atoms with E-state index in [9.17, 15) is 15.5 Å². The smallest absolute Gasteiger partial charge is 0.298 e. The lowest BCUT2D eigenvalue weighted by Crippen LogP contribution is -2.49. The van der Waals surface area contributed by atoms with Crippen molar-refractivity contribution in [1.29, 1.82) is 5.26 Å². The van der Waals surface area contributed by atoms with E-state index in [-0.39, 0.29) is 26.4 Å². The highest BCUT2D eigenvalue weighted by Crippen LogP contribution is 2.38. The number of hydrogen-bond donors (Lipinski definition) is 2. The van der Waals surface area contributed by atoms with E-state index in [1.807, 2.05) is 30.1 Å². The molecule has 5 aromatic rings. The third kappa shape index (κ3) is 7.05. The number of anilines is 1. The number of aliphatic hydroxyl groups is 2. The third-order valence-corrected chi connectivity index (χ3v) is 11.0. The van der Waals surface area contributed by atoms with Gasteiger partial charge in [-0.1, -0.05) is 35.9 Å². The summed E-state index contributed by atoms with van der Waals surface area (Å²) in [5.74, 6) is 0.966. The van der Waals surface area contributed by atoms with Crippen molar-refractivity contribution in [1.82, 2.24) is 19.8 Å². The Morgan fingerprint density at radius 1 is 1.02 bits per heavy atom. The molecule has 2 saturated heterocycles. The summed E-state index contributed by atoms with van der Waals surface area (Å²) < 4.78 is 18.9. The minimum absolute atomic E-state index is 0.159. The zero-order chi connectivity index (χ0) is 36.6. The molecule has 0 amide bonds. The van der Waals surface area contributed by atoms with Crippen LogP contribution < -0.4 is 14.4 Å². The number of pyridine rings is 1. The van der Waals surface area contributed by atoms with Crippen molar-refractivity contribution >= 4 is 28.7 Å². The van der Waals surface area contributed by atoms with Crippen molar-refractivity contribution in [3.05, 3.63) is 99.8 Å². The molecule has 2 aliphatic rings. The maximum atomic E-state index is 9.99. The van der Waals surface area contributed by atoms with E-state index in [4.69, 9.17) is 30.5 Å². The second kappa shape index (κ2) is 14.7. The minimum atomic E-state index is -0.863. The van der Waals surface area contributed by atoms with E-state index in [1.54, 1.807) is 31.3 Å². The van der Waals surface area contributed by atoms with Gasteiger partial charge >= 0.3 is 0 Å². The van der Waals surface area contributed by atoms with Crippen LogP contribution in [0.15, 0.2) is 71.4 Å². The summed E-state index contributed by atoms with van der Waals surface area (Å²) in [6.07, 6.45) is 4.30. The first-order valence-electron chi connectivity index (χ1n) is 17.4. The summed E-state index contributed by atoms with van der Waals surface area (Å²) in [5.41, 5.74) is 6.86. The van der Waals surface area contributed by atoms with Crippen molar-refractivity contribution in [3.8, 4) is 28.7 Å². The fraction of sp³-hybridized carbons (Fsp3) is 0.375. The summed E-state index contributed by atoms with van der Waals surface area (Å²) in [7, 11) is 4.01. The number of rotatable bonds is 13. The Bertz CT molecular complexity index is 2130. The number of nitriles is 1. The molecule has 0 aliphatic carbocycles. The number of aliphatic hydroxyl groups excluding tert-OH is 2. The number of likely N-dealkylation sites (N-methyl/N-ethyl adjacent to an activating group) is 2. The van der Waals surface area contributed by atoms with Gasteiger partial charge in [0.25, 0.3) is 6.01 Å². The summed E-state index contributed by atoms with van der Waals surface area (Å²) in [6, 6.07) is 21.4. The van der Waals surface area contributed by atoms with Gasteiger partial charge in [0.1, 0.15) is 36.3 Å². The molecule has 3 aromatic carbocycles. The largest absolute Gasteiger partial charge is 0.488 e. The number of piperazine rings is 1. The van der Waals surface area contributed by atoms with Gasteiger partial charge in [-0.3, -0.25) is 14.8 Å². The van der Waals surface area contributed by atoms with Gasteiger partial charge in [-0.15, -0.1) is 0 Å². The number of likely N-dealkylation sites (tertiary alicyclic amines) is 1. The first-order valence-corrected chi connectivity index (χ1v) is 17.8. The molecule has 12 heteroatoms. The van der Waals surface area contributed by atoms with Crippen LogP contribution in [0.5, 0.6) is 11.5 Å². The molecule has 52 heavy (non-hydrogen) atoms. The predicted molar refractivity (Wildman–Crippen MR) is 199 cm³/mol. The maximum absolute atomic E-state index is 9.99. The van der Waals surface area contributed by atoms with E-state index in [2.05, 4.69) is 53.0 Å². The highest BCUT2D eigenvalue weighted by molar-refractivity contribution is 6.32. The van der Waals surface area contributed by atoms with Crippen LogP contribution in [0.25, 0.3) is 22.2 Å². The molecule has 7 rings (SSSR count). The molecule has 0 spiro atoms. The molecule has 0 unspecified atom stereocenters. The number of oxazole rings is 1. The molecular formula is C40H43ClN6O5. The molecular weight excluding hydrogens is 680 g/mol. The van der Waals surface area contributed by atoms with E-state index in [1.165, 1.54) is 6.20 Å². The van der Waals surface area contributed by atoms with Crippen molar-refractivity contribution in [2.45, 2.75) is 57.6 Å². The van der Waals surface area contributed by atoms with Gasteiger partial charge in [-0.05, 0) is 80.9 Å². The quantitative estimate of drug-likeness (QED) is 0.150.